The third-order valence-corrected chi connectivity index (χ3v) is 4.69. The zero-order valence-electron chi connectivity index (χ0n) is 13.1. The molecule has 3 amide bonds. The molecule has 7 nitrogen and oxygen atoms in total. The van der Waals surface area contributed by atoms with E-state index in [1.54, 1.807) is 29.2 Å². The molecule has 1 aromatic rings. The van der Waals surface area contributed by atoms with Gasteiger partial charge in [0.15, 0.2) is 0 Å². The second-order valence-electron chi connectivity index (χ2n) is 6.34. The zero-order chi connectivity index (χ0) is 16.7. The van der Waals surface area contributed by atoms with Gasteiger partial charge in [-0.1, -0.05) is 12.1 Å². The van der Waals surface area contributed by atoms with Crippen LogP contribution in [0.4, 0.5) is 4.79 Å². The van der Waals surface area contributed by atoms with E-state index in [0.29, 0.717) is 24.4 Å². The highest BCUT2D eigenvalue weighted by molar-refractivity contribution is 6.01. The molecule has 24 heavy (non-hydrogen) atoms. The molecule has 126 valence electrons. The van der Waals surface area contributed by atoms with E-state index in [1.165, 1.54) is 0 Å². The quantitative estimate of drug-likeness (QED) is 0.772. The van der Waals surface area contributed by atoms with Crippen molar-refractivity contribution < 1.29 is 19.4 Å². The predicted octanol–water partition coefficient (Wildman–Crippen LogP) is 1.02. The monoisotopic (exact) mass is 329 g/mol. The van der Waals surface area contributed by atoms with Crippen LogP contribution < -0.4 is 10.6 Å². The van der Waals surface area contributed by atoms with Crippen LogP contribution in [0.1, 0.15) is 24.4 Å². The fourth-order valence-electron chi connectivity index (χ4n) is 3.53. The average molecular weight is 329 g/mol. The van der Waals surface area contributed by atoms with Crippen LogP contribution in [0.2, 0.25) is 0 Å². The number of hydrogen-bond acceptors (Lipinski definition) is 4. The first-order valence-electron chi connectivity index (χ1n) is 8.12. The highest BCUT2D eigenvalue weighted by Gasteiger charge is 2.41. The summed E-state index contributed by atoms with van der Waals surface area (Å²) in [4.78, 5) is 26.5. The van der Waals surface area contributed by atoms with Gasteiger partial charge in [-0.2, -0.15) is 0 Å². The molecule has 0 bridgehead atoms. The fraction of sp³-hybridized carbons (Fsp3) is 0.412. The van der Waals surface area contributed by atoms with Gasteiger partial charge in [0, 0.05) is 13.2 Å². The van der Waals surface area contributed by atoms with Crippen LogP contribution >= 0.6 is 0 Å². The lowest BCUT2D eigenvalue weighted by Crippen LogP contribution is -2.44. The van der Waals surface area contributed by atoms with Crippen molar-refractivity contribution in [3.05, 3.63) is 41.1 Å². The number of hydrogen-bond donors (Lipinski definition) is 3. The third kappa shape index (κ3) is 2.60. The van der Waals surface area contributed by atoms with Crippen molar-refractivity contribution in [3.63, 3.8) is 0 Å². The van der Waals surface area contributed by atoms with E-state index in [2.05, 4.69) is 10.6 Å². The van der Waals surface area contributed by atoms with Gasteiger partial charge in [0.2, 0.25) is 0 Å². The Labute approximate surface area is 139 Å². The number of phenols is 1. The molecule has 3 heterocycles. The Bertz CT molecular complexity index is 707. The van der Waals surface area contributed by atoms with Crippen LogP contribution in [0, 0.1) is 0 Å². The van der Waals surface area contributed by atoms with Gasteiger partial charge in [0.1, 0.15) is 5.75 Å². The molecule has 0 saturated carbocycles. The molecule has 1 saturated heterocycles. The van der Waals surface area contributed by atoms with Crippen molar-refractivity contribution in [2.45, 2.75) is 25.0 Å². The Balaban J connectivity index is 1.60. The largest absolute Gasteiger partial charge is 0.508 e. The summed E-state index contributed by atoms with van der Waals surface area (Å²) in [5.41, 5.74) is 1.99. The third-order valence-electron chi connectivity index (χ3n) is 4.69. The maximum absolute atomic E-state index is 12.9. The standard InChI is InChI=1S/C17H19N3O4/c21-11-5-3-10(4-6-11)15-14-13(18-17(23)19-15)9-20(16(14)22)8-12-2-1-7-24-12/h3-6,12,15,21H,1-2,7-9H2,(H2,18,19,23)/t12-,15+/m0/s1. The van der Waals surface area contributed by atoms with Crippen molar-refractivity contribution in [1.29, 1.82) is 0 Å². The van der Waals surface area contributed by atoms with Crippen LogP contribution in [0.3, 0.4) is 0 Å². The summed E-state index contributed by atoms with van der Waals surface area (Å²) in [6.45, 7) is 1.69. The number of rotatable bonds is 3. The molecule has 7 heteroatoms. The van der Waals surface area contributed by atoms with Gasteiger partial charge in [-0.15, -0.1) is 0 Å². The minimum absolute atomic E-state index is 0.0751. The average Bonchev–Trinajstić information content (AvgIpc) is 3.17. The summed E-state index contributed by atoms with van der Waals surface area (Å²) in [6, 6.07) is 5.70. The van der Waals surface area contributed by atoms with E-state index in [0.717, 1.165) is 25.0 Å². The number of urea groups is 1. The number of carbonyl (C=O) groups excluding carboxylic acids is 2. The van der Waals surface area contributed by atoms with Gasteiger partial charge in [-0.05, 0) is 30.5 Å². The van der Waals surface area contributed by atoms with E-state index in [4.69, 9.17) is 4.74 Å². The second kappa shape index (κ2) is 5.83. The molecular weight excluding hydrogens is 310 g/mol. The van der Waals surface area contributed by atoms with Crippen LogP contribution in [0.25, 0.3) is 0 Å². The number of benzene rings is 1. The highest BCUT2D eigenvalue weighted by Crippen LogP contribution is 2.33. The minimum atomic E-state index is -0.503. The summed E-state index contributed by atoms with van der Waals surface area (Å²) in [5.74, 6) is 0.0667. The number of nitrogens with one attached hydrogen (secondary N) is 2. The van der Waals surface area contributed by atoms with Gasteiger partial charge in [-0.25, -0.2) is 4.79 Å². The first-order chi connectivity index (χ1) is 11.6. The van der Waals surface area contributed by atoms with Crippen molar-refractivity contribution in [3.8, 4) is 5.75 Å². The van der Waals surface area contributed by atoms with E-state index < -0.39 is 6.04 Å². The molecule has 0 aromatic heterocycles. The summed E-state index contributed by atoms with van der Waals surface area (Å²) in [6.07, 6.45) is 2.06. The molecule has 0 unspecified atom stereocenters. The lowest BCUT2D eigenvalue weighted by Gasteiger charge is -2.25. The van der Waals surface area contributed by atoms with Crippen molar-refractivity contribution in [2.75, 3.05) is 19.7 Å². The summed E-state index contributed by atoms with van der Waals surface area (Å²) < 4.78 is 5.62. The van der Waals surface area contributed by atoms with Gasteiger partial charge in [-0.3, -0.25) is 4.79 Å². The van der Waals surface area contributed by atoms with Gasteiger partial charge in [0.05, 0.1) is 30.0 Å². The predicted molar refractivity (Wildman–Crippen MR) is 85.1 cm³/mol. The van der Waals surface area contributed by atoms with Crippen molar-refractivity contribution >= 4 is 11.9 Å². The minimum Gasteiger partial charge on any atom is -0.508 e. The molecule has 0 spiro atoms. The molecule has 1 aromatic carbocycles. The van der Waals surface area contributed by atoms with E-state index in [9.17, 15) is 14.7 Å². The molecule has 3 N–H and O–H groups in total. The summed E-state index contributed by atoms with van der Waals surface area (Å²) in [7, 11) is 0. The molecular formula is C17H19N3O4. The molecule has 3 aliphatic heterocycles. The van der Waals surface area contributed by atoms with Gasteiger partial charge in [0.25, 0.3) is 5.91 Å². The normalized spacial score (nSPS) is 26.4. The SMILES string of the molecule is O=C1NC2=C(C(=O)N(C[C@@H]3CCCO3)C2)[C@@H](c2ccc(O)cc2)N1. The molecule has 3 aliphatic rings. The van der Waals surface area contributed by atoms with Gasteiger partial charge >= 0.3 is 6.03 Å². The maximum Gasteiger partial charge on any atom is 0.319 e. The van der Waals surface area contributed by atoms with Crippen molar-refractivity contribution in [2.24, 2.45) is 0 Å². The first-order valence-corrected chi connectivity index (χ1v) is 8.12. The van der Waals surface area contributed by atoms with Crippen LogP contribution in [-0.2, 0) is 9.53 Å². The summed E-state index contributed by atoms with van der Waals surface area (Å²) >= 11 is 0. The van der Waals surface area contributed by atoms with Crippen LogP contribution in [-0.4, -0.2) is 47.7 Å². The van der Waals surface area contributed by atoms with Gasteiger partial charge < -0.3 is 25.4 Å². The van der Waals surface area contributed by atoms with E-state index in [-0.39, 0.29) is 23.8 Å². The first kappa shape index (κ1) is 15.0. The molecule has 4 rings (SSSR count). The fourth-order valence-corrected chi connectivity index (χ4v) is 3.53. The zero-order valence-corrected chi connectivity index (χ0v) is 13.1. The Hall–Kier alpha value is -2.54. The number of carbonyl (C=O) groups is 2. The Kier molecular flexibility index (Phi) is 3.65. The molecule has 0 radical (unpaired) electrons. The van der Waals surface area contributed by atoms with E-state index >= 15 is 0 Å². The number of ether oxygens (including phenoxy) is 1. The van der Waals surface area contributed by atoms with Crippen molar-refractivity contribution in [1.82, 2.24) is 15.5 Å². The number of aromatic hydroxyl groups is 1. The molecule has 2 atom stereocenters. The Morgan fingerprint density at radius 1 is 1.25 bits per heavy atom. The second-order valence-corrected chi connectivity index (χ2v) is 6.34. The maximum atomic E-state index is 12.9. The Morgan fingerprint density at radius 2 is 2.04 bits per heavy atom. The Morgan fingerprint density at radius 3 is 2.75 bits per heavy atom. The smallest absolute Gasteiger partial charge is 0.319 e. The summed E-state index contributed by atoms with van der Waals surface area (Å²) in [5, 5.41) is 15.0. The lowest BCUT2D eigenvalue weighted by molar-refractivity contribution is -0.127. The number of amides is 3. The molecule has 1 fully saturated rings. The number of phenolic OH excluding ortho intramolecular Hbond substituents is 1. The lowest BCUT2D eigenvalue weighted by atomic mass is 9.96. The van der Waals surface area contributed by atoms with Crippen LogP contribution in [0.15, 0.2) is 35.5 Å². The number of nitrogens with zero attached hydrogens (tertiary/aromatic N) is 1. The topological polar surface area (TPSA) is 90.9 Å². The van der Waals surface area contributed by atoms with Crippen LogP contribution in [0.5, 0.6) is 5.75 Å². The highest BCUT2D eigenvalue weighted by atomic mass is 16.5. The van der Waals surface area contributed by atoms with E-state index in [1.807, 2.05) is 0 Å². The molecule has 0 aliphatic carbocycles.